The molecular weight excluding hydrogens is 1930 g/mol. The van der Waals surface area contributed by atoms with E-state index in [-0.39, 0.29) is 55.6 Å². The molecule has 0 amide bonds. The van der Waals surface area contributed by atoms with E-state index in [1.807, 2.05) is 122 Å². The van der Waals surface area contributed by atoms with E-state index in [1.54, 1.807) is 121 Å². The number of anilines is 8. The second-order valence-electron chi connectivity index (χ2n) is 29.8. The van der Waals surface area contributed by atoms with E-state index < -0.39 is 0 Å². The third-order valence-electron chi connectivity index (χ3n) is 20.9. The van der Waals surface area contributed by atoms with Crippen molar-refractivity contribution >= 4 is 154 Å². The van der Waals surface area contributed by atoms with E-state index in [1.165, 1.54) is 18.9 Å². The zero-order valence-corrected chi connectivity index (χ0v) is 76.2. The fourth-order valence-electron chi connectivity index (χ4n) is 14.2. The largest absolute Gasteiger partial charge is 0.396 e. The van der Waals surface area contributed by atoms with Crippen LogP contribution in [0.5, 0.6) is 0 Å². The number of hydrogen-bond acceptors (Lipinski definition) is 28. The molecule has 2 aromatic carbocycles. The van der Waals surface area contributed by atoms with E-state index in [0.29, 0.717) is 66.9 Å². The number of fused-ring (bicyclic) bond motifs is 5. The maximum Gasteiger partial charge on any atom is 0.173 e. The van der Waals surface area contributed by atoms with Crippen molar-refractivity contribution in [2.45, 2.75) is 103 Å². The molecule has 1 saturated heterocycles. The number of halogens is 6. The molecule has 16 heterocycles. The van der Waals surface area contributed by atoms with Gasteiger partial charge < -0.3 is 57.4 Å². The molecule has 19 rings (SSSR count). The van der Waals surface area contributed by atoms with Gasteiger partial charge in [0.25, 0.3) is 0 Å². The molecule has 4 atom stereocenters. The predicted molar refractivity (Wildman–Crippen MR) is 501 cm³/mol. The van der Waals surface area contributed by atoms with Crippen molar-refractivity contribution in [2.75, 3.05) is 68.5 Å². The SMILES string of the molecule is Brc1cnn2c(NCc3ccnnc3)cc(-c3ccccc3)nc12.CC(C)[C@@H](CO)Nc1cc(NCc2cccnc2)n2ncc(Br)c2n1.Fc1ccccc1-c1cc(NCc2ccnnc2)n2ncc(Br)c2n1.OC[C@@H]1CCCN1c1cc(NCc2cccnc2)n2ncc(Br)c2n1.OC[C@H]1CCCC[C@H]1Nc1cc(NCc2cccnc2)n2ncc(Br)c2n1. The Balaban J connectivity index is 0.000000122. The Labute approximate surface area is 765 Å². The van der Waals surface area contributed by atoms with Crippen LogP contribution in [-0.4, -0.2) is 168 Å². The summed E-state index contributed by atoms with van der Waals surface area (Å²) in [6, 6.07) is 42.2. The van der Waals surface area contributed by atoms with E-state index in [9.17, 15) is 19.7 Å². The van der Waals surface area contributed by atoms with Gasteiger partial charge in [-0.3, -0.25) is 15.0 Å². The number of aromatic nitrogens is 22. The van der Waals surface area contributed by atoms with Crippen LogP contribution >= 0.6 is 79.6 Å². The molecule has 1 aliphatic heterocycles. The number of pyridine rings is 3. The fraction of sp³-hybridized carbons (Fsp3) is 0.253. The first-order chi connectivity index (χ1) is 61.6. The average molecular weight is 2020 g/mol. The molecule has 15 aromatic heterocycles. The van der Waals surface area contributed by atoms with Gasteiger partial charge in [-0.15, -0.1) is 0 Å². The van der Waals surface area contributed by atoms with Crippen LogP contribution in [0.3, 0.4) is 0 Å². The third-order valence-corrected chi connectivity index (χ3v) is 23.7. The van der Waals surface area contributed by atoms with Crippen LogP contribution in [0.2, 0.25) is 0 Å². The second kappa shape index (κ2) is 43.1. The smallest absolute Gasteiger partial charge is 0.173 e. The molecule has 1 saturated carbocycles. The number of benzene rings is 2. The topological polar surface area (TPSA) is 389 Å². The van der Waals surface area contributed by atoms with Gasteiger partial charge in [0.2, 0.25) is 0 Å². The fourth-order valence-corrected chi connectivity index (χ4v) is 16.0. The van der Waals surface area contributed by atoms with Crippen LogP contribution in [-0.2, 0) is 32.7 Å². The Morgan fingerprint density at radius 1 is 0.413 bits per heavy atom. The molecule has 33 nitrogen and oxygen atoms in total. The summed E-state index contributed by atoms with van der Waals surface area (Å²) in [6.45, 7) is 8.49. The first-order valence-electron chi connectivity index (χ1n) is 40.6. The molecule has 646 valence electrons. The van der Waals surface area contributed by atoms with Crippen molar-refractivity contribution in [3.05, 3.63) is 282 Å². The van der Waals surface area contributed by atoms with Crippen LogP contribution in [0.25, 0.3) is 50.8 Å². The molecule has 2 aliphatic rings. The van der Waals surface area contributed by atoms with Crippen LogP contribution in [0.15, 0.2) is 249 Å². The molecule has 0 unspecified atom stereocenters. The zero-order valence-electron chi connectivity index (χ0n) is 68.3. The lowest BCUT2D eigenvalue weighted by Gasteiger charge is -2.31. The lowest BCUT2D eigenvalue weighted by molar-refractivity contribution is 0.178. The summed E-state index contributed by atoms with van der Waals surface area (Å²) in [5.74, 6) is 6.66. The summed E-state index contributed by atoms with van der Waals surface area (Å²) in [5, 5.41) is 89.8. The minimum absolute atomic E-state index is 0.0450. The van der Waals surface area contributed by atoms with E-state index >= 15 is 0 Å². The molecule has 17 aromatic rings. The molecule has 2 fully saturated rings. The maximum atomic E-state index is 14.2. The normalized spacial score (nSPS) is 14.4. The summed E-state index contributed by atoms with van der Waals surface area (Å²) in [4.78, 5) is 37.9. The highest BCUT2D eigenvalue weighted by molar-refractivity contribution is 9.11. The lowest BCUT2D eigenvalue weighted by Crippen LogP contribution is -2.34. The van der Waals surface area contributed by atoms with Crippen molar-refractivity contribution in [2.24, 2.45) is 11.8 Å². The summed E-state index contributed by atoms with van der Waals surface area (Å²) in [5.41, 5.74) is 11.8. The van der Waals surface area contributed by atoms with Gasteiger partial charge >= 0.3 is 0 Å². The monoisotopic (exact) mass is 2010 g/mol. The first-order valence-corrected chi connectivity index (χ1v) is 44.6. The van der Waals surface area contributed by atoms with Gasteiger partial charge in [-0.2, -0.15) is 68.5 Å². The van der Waals surface area contributed by atoms with Gasteiger partial charge in [0.05, 0.1) is 102 Å². The van der Waals surface area contributed by atoms with Crippen LogP contribution in [0.4, 0.5) is 50.9 Å². The second-order valence-corrected chi connectivity index (χ2v) is 34.0. The summed E-state index contributed by atoms with van der Waals surface area (Å²) >= 11 is 17.5. The predicted octanol–water partition coefficient (Wildman–Crippen LogP) is 16.1. The molecular formula is C87H88Br5FN30O3. The average Bonchev–Trinajstić information content (AvgIpc) is 1.64. The molecule has 10 N–H and O–H groups in total. The first kappa shape index (κ1) is 88.6. The van der Waals surface area contributed by atoms with Crippen LogP contribution in [0.1, 0.15) is 80.2 Å². The Morgan fingerprint density at radius 2 is 0.849 bits per heavy atom. The lowest BCUT2D eigenvalue weighted by atomic mass is 9.85. The van der Waals surface area contributed by atoms with E-state index in [4.69, 9.17) is 15.0 Å². The highest BCUT2D eigenvalue weighted by atomic mass is 79.9. The number of hydrogen-bond donors (Lipinski definition) is 10. The minimum atomic E-state index is -0.320. The number of nitrogens with zero attached hydrogens (tertiary/aromatic N) is 23. The molecule has 0 bridgehead atoms. The van der Waals surface area contributed by atoms with Crippen molar-refractivity contribution < 1.29 is 19.7 Å². The van der Waals surface area contributed by atoms with Gasteiger partial charge in [-0.05, 0) is 182 Å². The third kappa shape index (κ3) is 22.3. The molecule has 0 spiro atoms. The van der Waals surface area contributed by atoms with Gasteiger partial charge in [0.1, 0.15) is 52.4 Å². The van der Waals surface area contributed by atoms with Crippen molar-refractivity contribution in [1.82, 2.24) is 108 Å². The highest BCUT2D eigenvalue weighted by Crippen LogP contribution is 2.35. The Hall–Kier alpha value is -12.2. The standard InChI is InChI=1S/C19H23BrN6O.C17H12BrFN6.C17H19BrN6O.C17H21BrN6O.C17H13BrN6/c20-15-11-23-26-18(22-10-13-4-3-7-21-9-13)8-17(25-19(15)26)24-16-6-2-1-5-14(16)12-27;18-13-10-23-25-16(20-8-11-5-6-21-22-9-11)7-15(24-17(13)25)12-3-1-2-4-14(12)19;18-14-10-21-24-15(20-9-12-3-1-5-19-8-12)7-16(22-17(14)24)23-6-2-4-13(23)11-25;1-11(2)14(10-25)22-15-6-16(20-8-12-4-3-5-19-7-12)24-17(23-15)13(18)9-21-24;18-14-11-22-24-16(19-9-12-6-7-20-21-10-12)8-15(23-17(14)24)13-4-2-1-3-5-13/h3-4,7-9,11,14,16,22,27H,1-2,5-6,10,12H2,(H,24,25);1-7,9-10,20H,8H2;1,3,5,7-8,10,13,20,25H,2,4,6,9,11H2;3-7,9,11,14,20,25H,8,10H2,1-2H3,(H,22,23);1-8,10-11,19H,9H2/t14-,16-;;13-;14-;/m1.01./s1. The van der Waals surface area contributed by atoms with Gasteiger partial charge in [-0.25, -0.2) is 29.3 Å². The molecule has 39 heteroatoms. The summed E-state index contributed by atoms with van der Waals surface area (Å²) < 4.78 is 27.0. The number of nitrogens with one attached hydrogen (secondary N) is 7. The summed E-state index contributed by atoms with van der Waals surface area (Å²) in [6.07, 6.45) is 32.7. The van der Waals surface area contributed by atoms with Gasteiger partial charge in [-0.1, -0.05) is 87.4 Å². The zero-order chi connectivity index (χ0) is 87.3. The van der Waals surface area contributed by atoms with Crippen molar-refractivity contribution in [3.63, 3.8) is 0 Å². The van der Waals surface area contributed by atoms with Crippen LogP contribution in [0, 0.1) is 17.7 Å². The molecule has 0 radical (unpaired) electrons. The molecule has 126 heavy (non-hydrogen) atoms. The Bertz CT molecular complexity index is 6390. The number of rotatable bonds is 26. The van der Waals surface area contributed by atoms with Crippen molar-refractivity contribution in [3.8, 4) is 22.5 Å². The summed E-state index contributed by atoms with van der Waals surface area (Å²) in [7, 11) is 0. The molecule has 1 aliphatic carbocycles. The Morgan fingerprint density at radius 3 is 1.31 bits per heavy atom. The van der Waals surface area contributed by atoms with Crippen molar-refractivity contribution in [1.29, 1.82) is 0 Å². The van der Waals surface area contributed by atoms with E-state index in [2.05, 4.69) is 206 Å². The van der Waals surface area contributed by atoms with Gasteiger partial charge in [0.15, 0.2) is 28.2 Å². The van der Waals surface area contributed by atoms with E-state index in [0.717, 1.165) is 146 Å². The Kier molecular flexibility index (Phi) is 30.3. The minimum Gasteiger partial charge on any atom is -0.396 e. The highest BCUT2D eigenvalue weighted by Gasteiger charge is 2.29. The number of aliphatic hydroxyl groups excluding tert-OH is 3. The number of aliphatic hydroxyl groups is 3. The van der Waals surface area contributed by atoms with Gasteiger partial charge in [0, 0.05) is 149 Å². The maximum absolute atomic E-state index is 14.2. The quantitative estimate of drug-likeness (QED) is 0.0241. The van der Waals surface area contributed by atoms with Crippen LogP contribution < -0.4 is 42.1 Å².